The summed E-state index contributed by atoms with van der Waals surface area (Å²) in [5.74, 6) is 1.69. The van der Waals surface area contributed by atoms with Crippen LogP contribution in [0.15, 0.2) is 0 Å². The average Bonchev–Trinajstić information content (AvgIpc) is 2.80. The lowest BCUT2D eigenvalue weighted by molar-refractivity contribution is 0.253. The summed E-state index contributed by atoms with van der Waals surface area (Å²) in [5.41, 5.74) is 5.73. The second kappa shape index (κ2) is 4.83. The van der Waals surface area contributed by atoms with Crippen LogP contribution in [0.5, 0.6) is 0 Å². The molecule has 6 nitrogen and oxygen atoms in total. The van der Waals surface area contributed by atoms with E-state index in [4.69, 9.17) is 5.73 Å². The Morgan fingerprint density at radius 3 is 2.41 bits per heavy atom. The Kier molecular flexibility index (Phi) is 3.42. The first-order valence-corrected chi connectivity index (χ1v) is 6.01. The molecule has 17 heavy (non-hydrogen) atoms. The van der Waals surface area contributed by atoms with Gasteiger partial charge in [-0.05, 0) is 32.9 Å². The summed E-state index contributed by atoms with van der Waals surface area (Å²) in [6, 6.07) is 0.210. The van der Waals surface area contributed by atoms with Crippen molar-refractivity contribution in [3.63, 3.8) is 0 Å². The number of aromatic nitrogens is 3. The van der Waals surface area contributed by atoms with Crippen molar-refractivity contribution < 1.29 is 0 Å². The van der Waals surface area contributed by atoms with E-state index in [1.807, 2.05) is 19.0 Å². The van der Waals surface area contributed by atoms with Gasteiger partial charge in [-0.3, -0.25) is 4.90 Å². The molecule has 0 saturated carbocycles. The molecule has 1 aliphatic rings. The van der Waals surface area contributed by atoms with E-state index in [0.717, 1.165) is 18.9 Å². The largest absolute Gasteiger partial charge is 0.368 e. The van der Waals surface area contributed by atoms with Crippen LogP contribution < -0.4 is 10.6 Å². The Morgan fingerprint density at radius 2 is 1.82 bits per heavy atom. The smallest absolute Gasteiger partial charge is 0.229 e. The Balaban J connectivity index is 2.24. The van der Waals surface area contributed by atoms with Crippen LogP contribution in [-0.4, -0.2) is 47.0 Å². The van der Waals surface area contributed by atoms with Crippen molar-refractivity contribution in [1.29, 1.82) is 0 Å². The number of nitrogens with two attached hydrogens (primary N) is 1. The number of rotatable bonds is 3. The number of nitrogens with zero attached hydrogens (tertiary/aromatic N) is 5. The lowest BCUT2D eigenvalue weighted by atomic mass is 10.3. The molecule has 2 rings (SSSR count). The van der Waals surface area contributed by atoms with Crippen LogP contribution in [0.1, 0.15) is 31.6 Å². The first-order chi connectivity index (χ1) is 8.08. The molecule has 1 fully saturated rings. The van der Waals surface area contributed by atoms with Gasteiger partial charge in [0.15, 0.2) is 5.82 Å². The van der Waals surface area contributed by atoms with Crippen molar-refractivity contribution in [3.05, 3.63) is 5.82 Å². The maximum absolute atomic E-state index is 5.73. The molecule has 0 amide bonds. The van der Waals surface area contributed by atoms with Gasteiger partial charge in [0.25, 0.3) is 0 Å². The molecular formula is C11H20N6. The fraction of sp³-hybridized carbons (Fsp3) is 0.727. The van der Waals surface area contributed by atoms with Crippen molar-refractivity contribution in [1.82, 2.24) is 19.9 Å². The lowest BCUT2D eigenvalue weighted by Crippen LogP contribution is -2.26. The van der Waals surface area contributed by atoms with Crippen LogP contribution in [-0.2, 0) is 0 Å². The molecule has 1 unspecified atom stereocenters. The van der Waals surface area contributed by atoms with E-state index in [1.165, 1.54) is 12.8 Å². The van der Waals surface area contributed by atoms with E-state index in [-0.39, 0.29) is 6.04 Å². The highest BCUT2D eigenvalue weighted by atomic mass is 15.3. The van der Waals surface area contributed by atoms with Gasteiger partial charge in [-0.15, -0.1) is 0 Å². The maximum Gasteiger partial charge on any atom is 0.229 e. The summed E-state index contributed by atoms with van der Waals surface area (Å²) in [6.07, 6.45) is 2.51. The number of hydrogen-bond donors (Lipinski definition) is 1. The van der Waals surface area contributed by atoms with Gasteiger partial charge in [0, 0.05) is 14.1 Å². The molecule has 2 N–H and O–H groups in total. The van der Waals surface area contributed by atoms with Gasteiger partial charge in [-0.25, -0.2) is 0 Å². The van der Waals surface area contributed by atoms with Crippen molar-refractivity contribution in [2.45, 2.75) is 25.8 Å². The molecule has 0 spiro atoms. The summed E-state index contributed by atoms with van der Waals surface area (Å²) in [5, 5.41) is 0. The van der Waals surface area contributed by atoms with E-state index in [0.29, 0.717) is 11.9 Å². The molecule has 0 bridgehead atoms. The van der Waals surface area contributed by atoms with Crippen molar-refractivity contribution in [2.24, 2.45) is 0 Å². The zero-order valence-corrected chi connectivity index (χ0v) is 10.7. The van der Waals surface area contributed by atoms with E-state index >= 15 is 0 Å². The Morgan fingerprint density at radius 1 is 1.18 bits per heavy atom. The van der Waals surface area contributed by atoms with E-state index in [1.54, 1.807) is 0 Å². The molecule has 6 heteroatoms. The van der Waals surface area contributed by atoms with Gasteiger partial charge in [0.05, 0.1) is 6.04 Å². The summed E-state index contributed by atoms with van der Waals surface area (Å²) >= 11 is 0. The third-order valence-electron chi connectivity index (χ3n) is 3.12. The zero-order chi connectivity index (χ0) is 12.4. The highest BCUT2D eigenvalue weighted by Crippen LogP contribution is 2.23. The van der Waals surface area contributed by atoms with Gasteiger partial charge < -0.3 is 10.6 Å². The summed E-state index contributed by atoms with van der Waals surface area (Å²) in [4.78, 5) is 17.0. The van der Waals surface area contributed by atoms with Crippen LogP contribution in [0, 0.1) is 0 Å². The second-order valence-electron chi connectivity index (χ2n) is 4.67. The van der Waals surface area contributed by atoms with E-state index in [9.17, 15) is 0 Å². The van der Waals surface area contributed by atoms with Gasteiger partial charge >= 0.3 is 0 Å². The number of likely N-dealkylation sites (tertiary alicyclic amines) is 1. The molecular weight excluding hydrogens is 216 g/mol. The van der Waals surface area contributed by atoms with Crippen LogP contribution >= 0.6 is 0 Å². The Hall–Kier alpha value is -1.43. The minimum absolute atomic E-state index is 0.210. The summed E-state index contributed by atoms with van der Waals surface area (Å²) < 4.78 is 0. The lowest BCUT2D eigenvalue weighted by Gasteiger charge is -2.23. The van der Waals surface area contributed by atoms with E-state index < -0.39 is 0 Å². The van der Waals surface area contributed by atoms with Crippen molar-refractivity contribution >= 4 is 11.9 Å². The number of anilines is 2. The molecule has 1 aromatic heterocycles. The Bertz CT molecular complexity index is 386. The SMILES string of the molecule is CC(c1nc(N)nc(N(C)C)n1)N1CCCC1. The molecule has 1 aromatic rings. The van der Waals surface area contributed by atoms with Crippen LogP contribution in [0.25, 0.3) is 0 Å². The van der Waals surface area contributed by atoms with Crippen molar-refractivity contribution in [2.75, 3.05) is 37.8 Å². The zero-order valence-electron chi connectivity index (χ0n) is 10.7. The molecule has 0 aromatic carbocycles. The standard InChI is InChI=1S/C11H20N6/c1-8(17-6-4-5-7-17)9-13-10(12)15-11(14-9)16(2)3/h8H,4-7H2,1-3H3,(H2,12,13,14,15). The predicted octanol–water partition coefficient (Wildman–Crippen LogP) is 0.677. The first-order valence-electron chi connectivity index (χ1n) is 6.01. The summed E-state index contributed by atoms with van der Waals surface area (Å²) in [6.45, 7) is 4.35. The van der Waals surface area contributed by atoms with E-state index in [2.05, 4.69) is 26.8 Å². The van der Waals surface area contributed by atoms with Crippen LogP contribution in [0.2, 0.25) is 0 Å². The quantitative estimate of drug-likeness (QED) is 0.832. The normalized spacial score (nSPS) is 18.3. The minimum Gasteiger partial charge on any atom is -0.368 e. The minimum atomic E-state index is 0.210. The number of nitrogen functional groups attached to an aromatic ring is 1. The van der Waals surface area contributed by atoms with Crippen molar-refractivity contribution in [3.8, 4) is 0 Å². The molecule has 2 heterocycles. The fourth-order valence-electron chi connectivity index (χ4n) is 2.08. The average molecular weight is 236 g/mol. The monoisotopic (exact) mass is 236 g/mol. The molecule has 0 aliphatic carbocycles. The molecule has 1 saturated heterocycles. The fourth-order valence-corrected chi connectivity index (χ4v) is 2.08. The molecule has 1 aliphatic heterocycles. The third-order valence-corrected chi connectivity index (χ3v) is 3.12. The predicted molar refractivity (Wildman–Crippen MR) is 67.8 cm³/mol. The Labute approximate surface area is 102 Å². The van der Waals surface area contributed by atoms with Gasteiger partial charge in [-0.1, -0.05) is 0 Å². The molecule has 0 radical (unpaired) electrons. The second-order valence-corrected chi connectivity index (χ2v) is 4.67. The summed E-state index contributed by atoms with van der Waals surface area (Å²) in [7, 11) is 3.80. The number of hydrogen-bond acceptors (Lipinski definition) is 6. The van der Waals surface area contributed by atoms with Gasteiger partial charge in [0.2, 0.25) is 11.9 Å². The third kappa shape index (κ3) is 2.63. The molecule has 1 atom stereocenters. The first kappa shape index (κ1) is 12.0. The van der Waals surface area contributed by atoms with Crippen LogP contribution in [0.4, 0.5) is 11.9 Å². The highest BCUT2D eigenvalue weighted by molar-refractivity contribution is 5.33. The van der Waals surface area contributed by atoms with Crippen LogP contribution in [0.3, 0.4) is 0 Å². The highest BCUT2D eigenvalue weighted by Gasteiger charge is 2.22. The van der Waals surface area contributed by atoms with Gasteiger partial charge in [0.1, 0.15) is 0 Å². The topological polar surface area (TPSA) is 71.2 Å². The molecule has 94 valence electrons. The van der Waals surface area contributed by atoms with Gasteiger partial charge in [-0.2, -0.15) is 15.0 Å². The maximum atomic E-state index is 5.73.